The van der Waals surface area contributed by atoms with Gasteiger partial charge in [0, 0.05) is 31.1 Å². The number of thioether (sulfide) groups is 1. The van der Waals surface area contributed by atoms with Gasteiger partial charge in [0.05, 0.1) is 0 Å². The second kappa shape index (κ2) is 5.30. The van der Waals surface area contributed by atoms with E-state index in [9.17, 15) is 0 Å². The standard InChI is InChI=1S/C12H23N3S/c1-9(2)11-7-10(11)8-14-12(13)15-3-5-16-6-4-15/h9-11H,3-8H2,1-2H3,(H2,13,14)/t10-,11-/m0/s1. The molecule has 1 aliphatic carbocycles. The molecule has 4 heteroatoms. The molecular formula is C12H23N3S. The lowest BCUT2D eigenvalue weighted by Crippen LogP contribution is -2.42. The van der Waals surface area contributed by atoms with Crippen molar-refractivity contribution in [2.75, 3.05) is 31.1 Å². The summed E-state index contributed by atoms with van der Waals surface area (Å²) in [7, 11) is 0. The molecule has 0 radical (unpaired) electrons. The number of hydrogen-bond acceptors (Lipinski definition) is 2. The highest BCUT2D eigenvalue weighted by Crippen LogP contribution is 2.44. The maximum absolute atomic E-state index is 6.01. The summed E-state index contributed by atoms with van der Waals surface area (Å²) in [4.78, 5) is 6.78. The number of nitrogens with two attached hydrogens (primary N) is 1. The second-order valence-electron chi connectivity index (χ2n) is 5.20. The molecule has 0 unspecified atom stereocenters. The van der Waals surface area contributed by atoms with Crippen molar-refractivity contribution in [1.29, 1.82) is 0 Å². The van der Waals surface area contributed by atoms with Gasteiger partial charge in [0.1, 0.15) is 0 Å². The minimum absolute atomic E-state index is 0.773. The normalized spacial score (nSPS) is 30.9. The molecule has 2 atom stereocenters. The molecule has 92 valence electrons. The Bertz CT molecular complexity index is 259. The highest BCUT2D eigenvalue weighted by molar-refractivity contribution is 7.99. The monoisotopic (exact) mass is 241 g/mol. The van der Waals surface area contributed by atoms with Crippen LogP contribution in [0.15, 0.2) is 4.99 Å². The van der Waals surface area contributed by atoms with Gasteiger partial charge in [0.25, 0.3) is 0 Å². The maximum Gasteiger partial charge on any atom is 0.191 e. The van der Waals surface area contributed by atoms with E-state index in [1.807, 2.05) is 11.8 Å². The van der Waals surface area contributed by atoms with Gasteiger partial charge in [-0.15, -0.1) is 0 Å². The molecule has 0 amide bonds. The first-order chi connectivity index (χ1) is 7.68. The zero-order valence-corrected chi connectivity index (χ0v) is 11.2. The average molecular weight is 241 g/mol. The van der Waals surface area contributed by atoms with Crippen LogP contribution in [0, 0.1) is 17.8 Å². The summed E-state index contributed by atoms with van der Waals surface area (Å²) in [6.45, 7) is 7.69. The van der Waals surface area contributed by atoms with Gasteiger partial charge in [-0.3, -0.25) is 4.99 Å². The van der Waals surface area contributed by atoms with E-state index in [0.717, 1.165) is 43.3 Å². The van der Waals surface area contributed by atoms with E-state index >= 15 is 0 Å². The molecule has 0 bridgehead atoms. The molecule has 2 rings (SSSR count). The van der Waals surface area contributed by atoms with E-state index in [4.69, 9.17) is 5.73 Å². The summed E-state index contributed by atoms with van der Waals surface area (Å²) in [5, 5.41) is 0. The molecule has 16 heavy (non-hydrogen) atoms. The average Bonchev–Trinajstić information content (AvgIpc) is 3.06. The Hall–Kier alpha value is -0.380. The largest absolute Gasteiger partial charge is 0.370 e. The van der Waals surface area contributed by atoms with E-state index in [-0.39, 0.29) is 0 Å². The van der Waals surface area contributed by atoms with Gasteiger partial charge in [-0.2, -0.15) is 11.8 Å². The van der Waals surface area contributed by atoms with E-state index < -0.39 is 0 Å². The first kappa shape index (κ1) is 12.1. The van der Waals surface area contributed by atoms with Crippen LogP contribution in [-0.4, -0.2) is 42.0 Å². The summed E-state index contributed by atoms with van der Waals surface area (Å²) in [5.74, 6) is 5.66. The van der Waals surface area contributed by atoms with Crippen molar-refractivity contribution in [2.24, 2.45) is 28.5 Å². The molecule has 1 heterocycles. The highest BCUT2D eigenvalue weighted by Gasteiger charge is 2.38. The van der Waals surface area contributed by atoms with Crippen molar-refractivity contribution < 1.29 is 0 Å². The van der Waals surface area contributed by atoms with Gasteiger partial charge >= 0.3 is 0 Å². The van der Waals surface area contributed by atoms with Crippen molar-refractivity contribution in [1.82, 2.24) is 4.90 Å². The maximum atomic E-state index is 6.01. The van der Waals surface area contributed by atoms with Gasteiger partial charge in [-0.1, -0.05) is 13.8 Å². The minimum atomic E-state index is 0.773. The summed E-state index contributed by atoms with van der Waals surface area (Å²) < 4.78 is 0. The molecule has 1 saturated heterocycles. The molecular weight excluding hydrogens is 218 g/mol. The van der Waals surface area contributed by atoms with Gasteiger partial charge < -0.3 is 10.6 Å². The smallest absolute Gasteiger partial charge is 0.191 e. The Balaban J connectivity index is 1.74. The molecule has 2 N–H and O–H groups in total. The van der Waals surface area contributed by atoms with Crippen molar-refractivity contribution >= 4 is 17.7 Å². The zero-order chi connectivity index (χ0) is 11.5. The van der Waals surface area contributed by atoms with Crippen LogP contribution < -0.4 is 5.73 Å². The van der Waals surface area contributed by atoms with E-state index in [2.05, 4.69) is 23.7 Å². The summed E-state index contributed by atoms with van der Waals surface area (Å²) in [6.07, 6.45) is 1.35. The number of guanidine groups is 1. The van der Waals surface area contributed by atoms with E-state index in [1.54, 1.807) is 0 Å². The Morgan fingerprint density at radius 2 is 2.12 bits per heavy atom. The minimum Gasteiger partial charge on any atom is -0.370 e. The Morgan fingerprint density at radius 3 is 2.69 bits per heavy atom. The lowest BCUT2D eigenvalue weighted by Gasteiger charge is -2.27. The molecule has 2 aliphatic rings. The highest BCUT2D eigenvalue weighted by atomic mass is 32.2. The third kappa shape index (κ3) is 3.06. The van der Waals surface area contributed by atoms with Gasteiger partial charge in [-0.05, 0) is 24.2 Å². The van der Waals surface area contributed by atoms with Crippen LogP contribution in [-0.2, 0) is 0 Å². The van der Waals surface area contributed by atoms with Crippen LogP contribution in [0.5, 0.6) is 0 Å². The lowest BCUT2D eigenvalue weighted by molar-refractivity contribution is 0.453. The molecule has 2 fully saturated rings. The fraction of sp³-hybridized carbons (Fsp3) is 0.917. The second-order valence-corrected chi connectivity index (χ2v) is 6.43. The van der Waals surface area contributed by atoms with Crippen LogP contribution in [0.3, 0.4) is 0 Å². The molecule has 0 aromatic carbocycles. The van der Waals surface area contributed by atoms with Gasteiger partial charge in [0.2, 0.25) is 0 Å². The summed E-state index contributed by atoms with van der Waals surface area (Å²) in [5.41, 5.74) is 6.01. The van der Waals surface area contributed by atoms with Gasteiger partial charge in [-0.25, -0.2) is 0 Å². The lowest BCUT2D eigenvalue weighted by atomic mass is 10.1. The fourth-order valence-electron chi connectivity index (χ4n) is 2.40. The van der Waals surface area contributed by atoms with Crippen molar-refractivity contribution in [2.45, 2.75) is 20.3 Å². The molecule has 0 aromatic rings. The van der Waals surface area contributed by atoms with Crippen LogP contribution in [0.25, 0.3) is 0 Å². The number of hydrogen-bond donors (Lipinski definition) is 1. The molecule has 0 aromatic heterocycles. The summed E-state index contributed by atoms with van der Waals surface area (Å²) >= 11 is 2.00. The number of rotatable bonds is 3. The number of nitrogens with zero attached hydrogens (tertiary/aromatic N) is 2. The van der Waals surface area contributed by atoms with Crippen molar-refractivity contribution in [3.63, 3.8) is 0 Å². The van der Waals surface area contributed by atoms with Crippen LogP contribution in [0.2, 0.25) is 0 Å². The predicted molar refractivity (Wildman–Crippen MR) is 71.8 cm³/mol. The van der Waals surface area contributed by atoms with Crippen LogP contribution >= 0.6 is 11.8 Å². The van der Waals surface area contributed by atoms with E-state index in [0.29, 0.717) is 0 Å². The third-order valence-corrected chi connectivity index (χ3v) is 4.60. The SMILES string of the molecule is CC(C)[C@@H]1C[C@H]1CN=C(N)N1CCSCC1. The quantitative estimate of drug-likeness (QED) is 0.603. The fourth-order valence-corrected chi connectivity index (χ4v) is 3.30. The first-order valence-electron chi connectivity index (χ1n) is 6.31. The topological polar surface area (TPSA) is 41.6 Å². The van der Waals surface area contributed by atoms with Gasteiger partial charge in [0.15, 0.2) is 5.96 Å². The third-order valence-electron chi connectivity index (χ3n) is 3.66. The van der Waals surface area contributed by atoms with Crippen molar-refractivity contribution in [3.05, 3.63) is 0 Å². The van der Waals surface area contributed by atoms with E-state index in [1.165, 1.54) is 17.9 Å². The molecule has 1 saturated carbocycles. The molecule has 3 nitrogen and oxygen atoms in total. The molecule has 0 spiro atoms. The Morgan fingerprint density at radius 1 is 1.44 bits per heavy atom. The Labute approximate surface area is 103 Å². The molecule has 1 aliphatic heterocycles. The van der Waals surface area contributed by atoms with Crippen LogP contribution in [0.4, 0.5) is 0 Å². The number of aliphatic imine (C=N–C) groups is 1. The first-order valence-corrected chi connectivity index (χ1v) is 7.46. The Kier molecular flexibility index (Phi) is 4.00. The van der Waals surface area contributed by atoms with Crippen LogP contribution in [0.1, 0.15) is 20.3 Å². The summed E-state index contributed by atoms with van der Waals surface area (Å²) in [6, 6.07) is 0. The predicted octanol–water partition coefficient (Wildman–Crippen LogP) is 1.64. The zero-order valence-electron chi connectivity index (χ0n) is 10.4. The van der Waals surface area contributed by atoms with Crippen molar-refractivity contribution in [3.8, 4) is 0 Å².